The lowest BCUT2D eigenvalue weighted by Gasteiger charge is -2.24. The lowest BCUT2D eigenvalue weighted by atomic mass is 10.0. The van der Waals surface area contributed by atoms with E-state index in [1.54, 1.807) is 0 Å². The molecule has 2 aromatic rings. The van der Waals surface area contributed by atoms with Gasteiger partial charge in [-0.1, -0.05) is 46.3 Å². The molecule has 0 heterocycles. The van der Waals surface area contributed by atoms with Crippen LogP contribution in [0.3, 0.4) is 0 Å². The maximum Gasteiger partial charge on any atom is 0.0393 e. The van der Waals surface area contributed by atoms with Crippen LogP contribution in [0, 0.1) is 6.92 Å². The first-order valence-corrected chi connectivity index (χ1v) is 8.10. The fourth-order valence-corrected chi connectivity index (χ4v) is 2.87. The molecule has 1 N–H and O–H groups in total. The molecule has 0 amide bonds. The Hall–Kier alpha value is -1.32. The Kier molecular flexibility index (Phi) is 5.83. The highest BCUT2D eigenvalue weighted by molar-refractivity contribution is 9.10. The molecular weight excluding hydrogens is 324 g/mol. The summed E-state index contributed by atoms with van der Waals surface area (Å²) in [6.45, 7) is 3.18. The summed E-state index contributed by atoms with van der Waals surface area (Å²) >= 11 is 3.49. The number of anilines is 1. The molecule has 1 atom stereocenters. The first-order chi connectivity index (χ1) is 10.1. The van der Waals surface area contributed by atoms with Crippen molar-refractivity contribution >= 4 is 21.6 Å². The minimum atomic E-state index is 0.379. The topological polar surface area (TPSA) is 15.3 Å². The molecule has 0 aliphatic carbocycles. The monoisotopic (exact) mass is 346 g/mol. The van der Waals surface area contributed by atoms with Crippen molar-refractivity contribution < 1.29 is 0 Å². The zero-order valence-corrected chi connectivity index (χ0v) is 14.5. The Labute approximate surface area is 136 Å². The summed E-state index contributed by atoms with van der Waals surface area (Å²) in [5.74, 6) is 0. The molecule has 0 fully saturated rings. The second kappa shape index (κ2) is 7.62. The molecule has 0 aliphatic heterocycles. The number of nitrogens with zero attached hydrogens (tertiary/aromatic N) is 1. The lowest BCUT2D eigenvalue weighted by Crippen LogP contribution is -2.25. The highest BCUT2D eigenvalue weighted by atomic mass is 79.9. The lowest BCUT2D eigenvalue weighted by molar-refractivity contribution is 0.549. The number of hydrogen-bond donors (Lipinski definition) is 1. The van der Waals surface area contributed by atoms with Gasteiger partial charge in [0, 0.05) is 29.8 Å². The van der Waals surface area contributed by atoms with Gasteiger partial charge < -0.3 is 10.2 Å². The van der Waals surface area contributed by atoms with E-state index in [-0.39, 0.29) is 0 Å². The third kappa shape index (κ3) is 4.32. The Balaban J connectivity index is 2.00. The highest BCUT2D eigenvalue weighted by Crippen LogP contribution is 2.22. The molecule has 0 spiro atoms. The van der Waals surface area contributed by atoms with Gasteiger partial charge in [-0.15, -0.1) is 0 Å². The molecule has 112 valence electrons. The Bertz CT molecular complexity index is 566. The van der Waals surface area contributed by atoms with Gasteiger partial charge in [0.25, 0.3) is 0 Å². The molecule has 0 saturated heterocycles. The third-order valence-electron chi connectivity index (χ3n) is 3.90. The van der Waals surface area contributed by atoms with Crippen LogP contribution in [-0.2, 0) is 0 Å². The minimum Gasteiger partial charge on any atom is -0.374 e. The second-order valence-corrected chi connectivity index (χ2v) is 6.31. The van der Waals surface area contributed by atoms with Crippen molar-refractivity contribution in [1.29, 1.82) is 0 Å². The van der Waals surface area contributed by atoms with E-state index >= 15 is 0 Å². The van der Waals surface area contributed by atoms with E-state index in [1.807, 2.05) is 7.05 Å². The van der Waals surface area contributed by atoms with Gasteiger partial charge in [0.1, 0.15) is 0 Å². The number of aryl methyl sites for hydroxylation is 1. The number of rotatable bonds is 6. The van der Waals surface area contributed by atoms with Crippen molar-refractivity contribution in [3.63, 3.8) is 0 Å². The van der Waals surface area contributed by atoms with Crippen molar-refractivity contribution in [2.45, 2.75) is 19.4 Å². The number of benzene rings is 2. The SMILES string of the molecule is CNC(CCN(C)c1ccccc1C)c1ccc(Br)cc1. The van der Waals surface area contributed by atoms with Crippen LogP contribution in [0.5, 0.6) is 0 Å². The summed E-state index contributed by atoms with van der Waals surface area (Å²) in [4.78, 5) is 2.33. The standard InChI is InChI=1S/C18H23BrN2/c1-14-6-4-5-7-18(14)21(3)13-12-17(20-2)15-8-10-16(19)11-9-15/h4-11,17,20H,12-13H2,1-3H3. The van der Waals surface area contributed by atoms with Crippen LogP contribution in [0.1, 0.15) is 23.6 Å². The van der Waals surface area contributed by atoms with E-state index in [9.17, 15) is 0 Å². The van der Waals surface area contributed by atoms with Gasteiger partial charge in [-0.25, -0.2) is 0 Å². The third-order valence-corrected chi connectivity index (χ3v) is 4.43. The molecule has 2 aromatic carbocycles. The van der Waals surface area contributed by atoms with Crippen molar-refractivity contribution in [2.24, 2.45) is 0 Å². The minimum absolute atomic E-state index is 0.379. The van der Waals surface area contributed by atoms with E-state index < -0.39 is 0 Å². The molecule has 0 bridgehead atoms. The van der Waals surface area contributed by atoms with Crippen LogP contribution in [0.2, 0.25) is 0 Å². The molecule has 0 saturated carbocycles. The second-order valence-electron chi connectivity index (χ2n) is 5.39. The van der Waals surface area contributed by atoms with Crippen molar-refractivity contribution in [1.82, 2.24) is 5.32 Å². The fourth-order valence-electron chi connectivity index (χ4n) is 2.61. The molecule has 1 unspecified atom stereocenters. The molecule has 21 heavy (non-hydrogen) atoms. The maximum absolute atomic E-state index is 3.49. The first kappa shape index (κ1) is 16.1. The Morgan fingerprint density at radius 1 is 1.10 bits per heavy atom. The van der Waals surface area contributed by atoms with E-state index in [1.165, 1.54) is 16.8 Å². The fraction of sp³-hybridized carbons (Fsp3) is 0.333. The van der Waals surface area contributed by atoms with Crippen LogP contribution < -0.4 is 10.2 Å². The number of hydrogen-bond acceptors (Lipinski definition) is 2. The normalized spacial score (nSPS) is 12.2. The first-order valence-electron chi connectivity index (χ1n) is 7.31. The molecule has 2 nitrogen and oxygen atoms in total. The number of nitrogens with one attached hydrogen (secondary N) is 1. The van der Waals surface area contributed by atoms with Gasteiger partial charge in [0.2, 0.25) is 0 Å². The van der Waals surface area contributed by atoms with Crippen molar-refractivity contribution in [3.8, 4) is 0 Å². The van der Waals surface area contributed by atoms with Crippen LogP contribution in [0.25, 0.3) is 0 Å². The summed E-state index contributed by atoms with van der Waals surface area (Å²) in [6, 6.07) is 17.5. The number of para-hydroxylation sites is 1. The van der Waals surface area contributed by atoms with Gasteiger partial charge >= 0.3 is 0 Å². The summed E-state index contributed by atoms with van der Waals surface area (Å²) in [7, 11) is 4.19. The van der Waals surface area contributed by atoms with Crippen molar-refractivity contribution in [3.05, 3.63) is 64.1 Å². The Morgan fingerprint density at radius 2 is 1.76 bits per heavy atom. The predicted octanol–water partition coefficient (Wildman–Crippen LogP) is 4.54. The van der Waals surface area contributed by atoms with E-state index in [0.29, 0.717) is 6.04 Å². The zero-order valence-electron chi connectivity index (χ0n) is 12.9. The van der Waals surface area contributed by atoms with Gasteiger partial charge in [-0.3, -0.25) is 0 Å². The van der Waals surface area contributed by atoms with E-state index in [4.69, 9.17) is 0 Å². The molecule has 0 radical (unpaired) electrons. The maximum atomic E-state index is 3.49. The molecule has 3 heteroatoms. The van der Waals surface area contributed by atoms with E-state index in [0.717, 1.165) is 17.4 Å². The number of halogens is 1. The van der Waals surface area contributed by atoms with Gasteiger partial charge in [0.05, 0.1) is 0 Å². The van der Waals surface area contributed by atoms with Crippen LogP contribution in [0.4, 0.5) is 5.69 Å². The summed E-state index contributed by atoms with van der Waals surface area (Å²) in [6.07, 6.45) is 1.07. The quantitative estimate of drug-likeness (QED) is 0.825. The zero-order chi connectivity index (χ0) is 15.2. The average molecular weight is 347 g/mol. The average Bonchev–Trinajstić information content (AvgIpc) is 2.49. The Morgan fingerprint density at radius 3 is 2.38 bits per heavy atom. The van der Waals surface area contributed by atoms with Crippen LogP contribution in [0.15, 0.2) is 53.0 Å². The summed E-state index contributed by atoms with van der Waals surface area (Å²) < 4.78 is 1.12. The molecule has 0 aromatic heterocycles. The van der Waals surface area contributed by atoms with Crippen molar-refractivity contribution in [2.75, 3.05) is 25.5 Å². The van der Waals surface area contributed by atoms with Crippen LogP contribution in [-0.4, -0.2) is 20.6 Å². The van der Waals surface area contributed by atoms with Crippen LogP contribution >= 0.6 is 15.9 Å². The summed E-state index contributed by atoms with van der Waals surface area (Å²) in [5.41, 5.74) is 3.96. The van der Waals surface area contributed by atoms with Gasteiger partial charge in [-0.05, 0) is 49.7 Å². The molecular formula is C18H23BrN2. The molecule has 2 rings (SSSR count). The highest BCUT2D eigenvalue weighted by Gasteiger charge is 2.11. The largest absolute Gasteiger partial charge is 0.374 e. The van der Waals surface area contributed by atoms with Gasteiger partial charge in [0.15, 0.2) is 0 Å². The smallest absolute Gasteiger partial charge is 0.0393 e. The predicted molar refractivity (Wildman–Crippen MR) is 95.0 cm³/mol. The molecule has 0 aliphatic rings. The summed E-state index contributed by atoms with van der Waals surface area (Å²) in [5, 5.41) is 3.42. The van der Waals surface area contributed by atoms with Gasteiger partial charge in [-0.2, -0.15) is 0 Å². The van der Waals surface area contributed by atoms with E-state index in [2.05, 4.69) is 88.6 Å².